The van der Waals surface area contributed by atoms with Crippen LogP contribution in [-0.2, 0) is 6.54 Å². The van der Waals surface area contributed by atoms with Gasteiger partial charge in [0.15, 0.2) is 0 Å². The molecule has 31 heavy (non-hydrogen) atoms. The number of hydrogen-bond donors (Lipinski definition) is 3. The molecule has 2 aliphatic rings. The number of hydrogen-bond acceptors (Lipinski definition) is 3. The predicted octanol–water partition coefficient (Wildman–Crippen LogP) is 3.56. The summed E-state index contributed by atoms with van der Waals surface area (Å²) >= 11 is 0. The molecule has 164 valence electrons. The van der Waals surface area contributed by atoms with Crippen molar-refractivity contribution in [2.24, 2.45) is 5.92 Å². The van der Waals surface area contributed by atoms with Gasteiger partial charge in [0.25, 0.3) is 0 Å². The van der Waals surface area contributed by atoms with Gasteiger partial charge in [0.1, 0.15) is 0 Å². The molecular formula is C24H31N5O2. The summed E-state index contributed by atoms with van der Waals surface area (Å²) < 4.78 is 0. The summed E-state index contributed by atoms with van der Waals surface area (Å²) in [5, 5.41) is 8.68. The van der Waals surface area contributed by atoms with Gasteiger partial charge in [-0.3, -0.25) is 9.80 Å². The quantitative estimate of drug-likeness (QED) is 0.668. The summed E-state index contributed by atoms with van der Waals surface area (Å²) in [4.78, 5) is 28.4. The molecule has 4 rings (SSSR count). The third-order valence-electron chi connectivity index (χ3n) is 6.06. The number of anilines is 2. The molecule has 2 fully saturated rings. The highest BCUT2D eigenvalue weighted by atomic mass is 16.2. The first-order chi connectivity index (χ1) is 15.1. The Hall–Kier alpha value is -3.06. The van der Waals surface area contributed by atoms with Gasteiger partial charge >= 0.3 is 12.1 Å². The predicted molar refractivity (Wildman–Crippen MR) is 123 cm³/mol. The second-order valence-electron chi connectivity index (χ2n) is 8.47. The molecule has 2 aromatic carbocycles. The normalized spacial score (nSPS) is 17.5. The molecule has 0 unspecified atom stereocenters. The third-order valence-corrected chi connectivity index (χ3v) is 6.06. The maximum Gasteiger partial charge on any atom is 0.321 e. The second kappa shape index (κ2) is 9.83. The van der Waals surface area contributed by atoms with E-state index in [1.807, 2.05) is 24.3 Å². The van der Waals surface area contributed by atoms with Crippen LogP contribution >= 0.6 is 0 Å². The van der Waals surface area contributed by atoms with E-state index in [2.05, 4.69) is 52.0 Å². The molecule has 2 heterocycles. The molecule has 2 saturated heterocycles. The van der Waals surface area contributed by atoms with Crippen LogP contribution in [0.3, 0.4) is 0 Å². The molecule has 3 N–H and O–H groups in total. The topological polar surface area (TPSA) is 76.7 Å². The molecule has 0 aromatic heterocycles. The van der Waals surface area contributed by atoms with Gasteiger partial charge in [-0.1, -0.05) is 35.9 Å². The zero-order chi connectivity index (χ0) is 21.6. The van der Waals surface area contributed by atoms with E-state index in [1.54, 1.807) is 4.90 Å². The average Bonchev–Trinajstić information content (AvgIpc) is 3.21. The lowest BCUT2D eigenvalue weighted by Crippen LogP contribution is -2.39. The van der Waals surface area contributed by atoms with Crippen LogP contribution in [0.15, 0.2) is 48.5 Å². The summed E-state index contributed by atoms with van der Waals surface area (Å²) in [7, 11) is 0. The zero-order valence-electron chi connectivity index (χ0n) is 18.1. The highest BCUT2D eigenvalue weighted by Crippen LogP contribution is 2.21. The van der Waals surface area contributed by atoms with Gasteiger partial charge in [0.2, 0.25) is 0 Å². The van der Waals surface area contributed by atoms with Crippen LogP contribution in [0.5, 0.6) is 0 Å². The van der Waals surface area contributed by atoms with Crippen LogP contribution in [0.1, 0.15) is 24.0 Å². The maximum atomic E-state index is 12.4. The van der Waals surface area contributed by atoms with E-state index >= 15 is 0 Å². The SMILES string of the molecule is Cc1ccc(CN2CCC(CNC(=O)Nc3cccc(N4CCNC4=O)c3)CC2)cc1. The van der Waals surface area contributed by atoms with Crippen LogP contribution in [0.25, 0.3) is 0 Å². The molecule has 2 aliphatic heterocycles. The van der Waals surface area contributed by atoms with Crippen molar-refractivity contribution in [1.82, 2.24) is 15.5 Å². The van der Waals surface area contributed by atoms with Crippen molar-refractivity contribution in [3.8, 4) is 0 Å². The Morgan fingerprint density at radius 2 is 1.87 bits per heavy atom. The highest BCUT2D eigenvalue weighted by Gasteiger charge is 2.22. The fourth-order valence-corrected chi connectivity index (χ4v) is 4.18. The van der Waals surface area contributed by atoms with E-state index in [1.165, 1.54) is 11.1 Å². The van der Waals surface area contributed by atoms with E-state index in [4.69, 9.17) is 0 Å². The Morgan fingerprint density at radius 3 is 2.58 bits per heavy atom. The standard InChI is InChI=1S/C24H31N5O2/c1-18-5-7-20(8-6-18)17-28-12-9-19(10-13-28)16-26-23(30)27-21-3-2-4-22(15-21)29-14-11-25-24(29)31/h2-8,15,19H,9-14,16-17H2,1H3,(H,25,31)(H2,26,27,30). The summed E-state index contributed by atoms with van der Waals surface area (Å²) in [6.07, 6.45) is 2.18. The van der Waals surface area contributed by atoms with Crippen LogP contribution < -0.4 is 20.9 Å². The van der Waals surface area contributed by atoms with Gasteiger partial charge in [-0.2, -0.15) is 0 Å². The fourth-order valence-electron chi connectivity index (χ4n) is 4.18. The van der Waals surface area contributed by atoms with Gasteiger partial charge in [-0.05, 0) is 62.5 Å². The van der Waals surface area contributed by atoms with Gasteiger partial charge in [0, 0.05) is 37.6 Å². The Balaban J connectivity index is 1.19. The number of carbonyl (C=O) groups excluding carboxylic acids is 2. The van der Waals surface area contributed by atoms with Crippen molar-refractivity contribution in [1.29, 1.82) is 0 Å². The number of urea groups is 2. The number of nitrogens with zero attached hydrogens (tertiary/aromatic N) is 2. The van der Waals surface area contributed by atoms with Gasteiger partial charge in [-0.25, -0.2) is 9.59 Å². The van der Waals surface area contributed by atoms with Crippen molar-refractivity contribution in [3.63, 3.8) is 0 Å². The first kappa shape index (κ1) is 21.2. The molecule has 0 bridgehead atoms. The largest absolute Gasteiger partial charge is 0.338 e. The molecule has 0 atom stereocenters. The lowest BCUT2D eigenvalue weighted by Gasteiger charge is -2.32. The fraction of sp³-hybridized carbons (Fsp3) is 0.417. The minimum Gasteiger partial charge on any atom is -0.338 e. The van der Waals surface area contributed by atoms with Crippen molar-refractivity contribution in [2.75, 3.05) is 42.9 Å². The summed E-state index contributed by atoms with van der Waals surface area (Å²) in [5.41, 5.74) is 4.12. The number of aryl methyl sites for hydroxylation is 1. The van der Waals surface area contributed by atoms with E-state index in [0.717, 1.165) is 38.2 Å². The van der Waals surface area contributed by atoms with Crippen LogP contribution in [0.4, 0.5) is 21.0 Å². The van der Waals surface area contributed by atoms with Crippen molar-refractivity contribution >= 4 is 23.4 Å². The van der Waals surface area contributed by atoms with Crippen LogP contribution in [0, 0.1) is 12.8 Å². The van der Waals surface area contributed by atoms with E-state index < -0.39 is 0 Å². The monoisotopic (exact) mass is 421 g/mol. The van der Waals surface area contributed by atoms with Gasteiger partial charge in [0.05, 0.1) is 0 Å². The average molecular weight is 422 g/mol. The molecular weight excluding hydrogens is 390 g/mol. The number of carbonyl (C=O) groups is 2. The number of rotatable bonds is 6. The first-order valence-corrected chi connectivity index (χ1v) is 11.0. The molecule has 4 amide bonds. The van der Waals surface area contributed by atoms with E-state index in [0.29, 0.717) is 31.2 Å². The Labute approximate surface area is 183 Å². The number of likely N-dealkylation sites (tertiary alicyclic amines) is 1. The summed E-state index contributed by atoms with van der Waals surface area (Å²) in [6, 6.07) is 15.8. The smallest absolute Gasteiger partial charge is 0.321 e. The number of benzene rings is 2. The molecule has 2 aromatic rings. The molecule has 0 spiro atoms. The second-order valence-corrected chi connectivity index (χ2v) is 8.47. The van der Waals surface area contributed by atoms with Crippen molar-refractivity contribution in [2.45, 2.75) is 26.3 Å². The molecule has 7 heteroatoms. The van der Waals surface area contributed by atoms with Crippen LogP contribution in [-0.4, -0.2) is 49.7 Å². The molecule has 0 aliphatic carbocycles. The number of amides is 4. The molecule has 7 nitrogen and oxygen atoms in total. The first-order valence-electron chi connectivity index (χ1n) is 11.0. The summed E-state index contributed by atoms with van der Waals surface area (Å²) in [6.45, 7) is 7.17. The van der Waals surface area contributed by atoms with E-state index in [-0.39, 0.29) is 12.1 Å². The zero-order valence-corrected chi connectivity index (χ0v) is 18.1. The van der Waals surface area contributed by atoms with Crippen molar-refractivity contribution < 1.29 is 9.59 Å². The molecule has 0 radical (unpaired) electrons. The number of nitrogens with one attached hydrogen (secondary N) is 3. The van der Waals surface area contributed by atoms with Gasteiger partial charge < -0.3 is 16.0 Å². The Bertz CT molecular complexity index is 906. The van der Waals surface area contributed by atoms with Crippen LogP contribution in [0.2, 0.25) is 0 Å². The Kier molecular flexibility index (Phi) is 6.72. The van der Waals surface area contributed by atoms with E-state index in [9.17, 15) is 9.59 Å². The minimum atomic E-state index is -0.204. The summed E-state index contributed by atoms with van der Waals surface area (Å²) in [5.74, 6) is 0.500. The van der Waals surface area contributed by atoms with Crippen molar-refractivity contribution in [3.05, 3.63) is 59.7 Å². The lowest BCUT2D eigenvalue weighted by atomic mass is 9.96. The Morgan fingerprint density at radius 1 is 1.10 bits per heavy atom. The molecule has 0 saturated carbocycles. The maximum absolute atomic E-state index is 12.4. The van der Waals surface area contributed by atoms with Gasteiger partial charge in [-0.15, -0.1) is 0 Å². The lowest BCUT2D eigenvalue weighted by molar-refractivity contribution is 0.175. The number of piperidine rings is 1. The highest BCUT2D eigenvalue weighted by molar-refractivity contribution is 5.95. The third kappa shape index (κ3) is 5.76. The minimum absolute atomic E-state index is 0.102.